The van der Waals surface area contributed by atoms with Crippen LogP contribution in [0, 0.1) is 5.92 Å². The highest BCUT2D eigenvalue weighted by Crippen LogP contribution is 2.23. The van der Waals surface area contributed by atoms with Gasteiger partial charge in [-0.3, -0.25) is 4.79 Å². The van der Waals surface area contributed by atoms with Gasteiger partial charge in [0, 0.05) is 22.4 Å². The molecule has 0 bridgehead atoms. The number of carbonyl (C=O) groups excluding carboxylic acids is 1. The molecule has 1 amide bonds. The molecule has 98 valence electrons. The van der Waals surface area contributed by atoms with Gasteiger partial charge in [-0.2, -0.15) is 0 Å². The van der Waals surface area contributed by atoms with E-state index in [2.05, 4.69) is 38.8 Å². The highest BCUT2D eigenvalue weighted by molar-refractivity contribution is 9.10. The lowest BCUT2D eigenvalue weighted by atomic mass is 9.98. The first-order valence-corrected chi connectivity index (χ1v) is 7.93. The minimum Gasteiger partial charge on any atom is -0.341 e. The molecule has 0 aliphatic carbocycles. The monoisotopic (exact) mass is 373 g/mol. The summed E-state index contributed by atoms with van der Waals surface area (Å²) >= 11 is 7.06. The van der Waals surface area contributed by atoms with Gasteiger partial charge >= 0.3 is 0 Å². The van der Waals surface area contributed by atoms with Crippen LogP contribution in [0.2, 0.25) is 0 Å². The molecule has 0 N–H and O–H groups in total. The van der Waals surface area contributed by atoms with Gasteiger partial charge in [-0.1, -0.05) is 50.9 Å². The maximum absolute atomic E-state index is 12.2. The van der Waals surface area contributed by atoms with Gasteiger partial charge in [-0.25, -0.2) is 0 Å². The van der Waals surface area contributed by atoms with Crippen molar-refractivity contribution in [3.8, 4) is 0 Å². The van der Waals surface area contributed by atoms with Crippen LogP contribution in [0.25, 0.3) is 0 Å². The third-order valence-electron chi connectivity index (χ3n) is 3.49. The van der Waals surface area contributed by atoms with Crippen LogP contribution < -0.4 is 0 Å². The van der Waals surface area contributed by atoms with Crippen LogP contribution in [0.3, 0.4) is 0 Å². The Kier molecular flexibility index (Phi) is 4.84. The van der Waals surface area contributed by atoms with Gasteiger partial charge in [0.1, 0.15) is 0 Å². The van der Waals surface area contributed by atoms with Crippen molar-refractivity contribution in [3.63, 3.8) is 0 Å². The number of benzene rings is 1. The van der Waals surface area contributed by atoms with Crippen LogP contribution in [-0.4, -0.2) is 28.7 Å². The molecule has 18 heavy (non-hydrogen) atoms. The van der Waals surface area contributed by atoms with E-state index in [1.165, 1.54) is 0 Å². The number of nitrogens with zero attached hydrogens (tertiary/aromatic N) is 1. The van der Waals surface area contributed by atoms with E-state index in [0.29, 0.717) is 17.2 Å². The van der Waals surface area contributed by atoms with Crippen molar-refractivity contribution in [3.05, 3.63) is 34.3 Å². The number of hydrogen-bond donors (Lipinski definition) is 0. The predicted octanol–water partition coefficient (Wildman–Crippen LogP) is 3.62. The molecule has 1 aliphatic rings. The summed E-state index contributed by atoms with van der Waals surface area (Å²) in [5.41, 5.74) is 1.08. The molecule has 1 aliphatic heterocycles. The molecule has 1 saturated heterocycles. The zero-order valence-corrected chi connectivity index (χ0v) is 13.6. The van der Waals surface area contributed by atoms with Crippen LogP contribution in [0.1, 0.15) is 18.9 Å². The fourth-order valence-corrected chi connectivity index (χ4v) is 3.02. The van der Waals surface area contributed by atoms with E-state index in [-0.39, 0.29) is 5.91 Å². The van der Waals surface area contributed by atoms with Crippen molar-refractivity contribution in [2.24, 2.45) is 5.92 Å². The van der Waals surface area contributed by atoms with Crippen molar-refractivity contribution >= 4 is 37.8 Å². The van der Waals surface area contributed by atoms with Crippen molar-refractivity contribution < 1.29 is 4.79 Å². The third-order valence-corrected chi connectivity index (χ3v) is 5.21. The second-order valence-electron chi connectivity index (χ2n) is 4.92. The molecule has 1 fully saturated rings. The summed E-state index contributed by atoms with van der Waals surface area (Å²) < 4.78 is 1.05. The first-order valence-electron chi connectivity index (χ1n) is 6.22. The Balaban J connectivity index is 1.94. The maximum Gasteiger partial charge on any atom is 0.227 e. The van der Waals surface area contributed by atoms with Gasteiger partial charge in [0.2, 0.25) is 5.91 Å². The minimum absolute atomic E-state index is 0.230. The van der Waals surface area contributed by atoms with Crippen molar-refractivity contribution in [2.45, 2.75) is 24.6 Å². The summed E-state index contributed by atoms with van der Waals surface area (Å²) in [5, 5.41) is 0. The van der Waals surface area contributed by atoms with E-state index < -0.39 is 0 Å². The van der Waals surface area contributed by atoms with Crippen molar-refractivity contribution in [2.75, 3.05) is 13.1 Å². The average molecular weight is 375 g/mol. The summed E-state index contributed by atoms with van der Waals surface area (Å²) in [7, 11) is 0. The van der Waals surface area contributed by atoms with Crippen LogP contribution in [0.15, 0.2) is 28.7 Å². The van der Waals surface area contributed by atoms with Crippen molar-refractivity contribution in [1.29, 1.82) is 0 Å². The second-order valence-corrected chi connectivity index (χ2v) is 7.02. The highest BCUT2D eigenvalue weighted by atomic mass is 79.9. The molecule has 2 unspecified atom stereocenters. The van der Waals surface area contributed by atoms with Gasteiger partial charge in [0.15, 0.2) is 0 Å². The number of halogens is 2. The molecular weight excluding hydrogens is 358 g/mol. The SMILES string of the molecule is CC1CCN(C(=O)Cc2ccc(Br)cc2)CC1Br. The minimum atomic E-state index is 0.230. The Hall–Kier alpha value is -0.350. The van der Waals surface area contributed by atoms with Crippen LogP contribution in [0.4, 0.5) is 0 Å². The molecule has 0 radical (unpaired) electrons. The second kappa shape index (κ2) is 6.20. The summed E-state index contributed by atoms with van der Waals surface area (Å²) in [5.74, 6) is 0.885. The number of carbonyl (C=O) groups is 1. The largest absolute Gasteiger partial charge is 0.341 e. The first-order chi connectivity index (χ1) is 8.56. The summed E-state index contributed by atoms with van der Waals surface area (Å²) in [4.78, 5) is 14.6. The molecular formula is C14H17Br2NO. The zero-order valence-electron chi connectivity index (χ0n) is 10.4. The van der Waals surface area contributed by atoms with Gasteiger partial charge in [0.25, 0.3) is 0 Å². The topological polar surface area (TPSA) is 20.3 Å². The number of likely N-dealkylation sites (tertiary alicyclic amines) is 1. The number of amides is 1. The quantitative estimate of drug-likeness (QED) is 0.724. The van der Waals surface area contributed by atoms with E-state index in [0.717, 1.165) is 29.5 Å². The summed E-state index contributed by atoms with van der Waals surface area (Å²) in [6.07, 6.45) is 1.59. The molecule has 0 aromatic heterocycles. The first kappa shape index (κ1) is 14.1. The van der Waals surface area contributed by atoms with Gasteiger partial charge in [-0.05, 0) is 30.0 Å². The fraction of sp³-hybridized carbons (Fsp3) is 0.500. The lowest BCUT2D eigenvalue weighted by Gasteiger charge is -2.34. The standard InChI is InChI=1S/C14H17Br2NO/c1-10-6-7-17(9-13(10)16)14(18)8-11-2-4-12(15)5-3-11/h2-5,10,13H,6-9H2,1H3. The lowest BCUT2D eigenvalue weighted by Crippen LogP contribution is -2.44. The van der Waals surface area contributed by atoms with E-state index in [9.17, 15) is 4.79 Å². The summed E-state index contributed by atoms with van der Waals surface area (Å²) in [6, 6.07) is 7.96. The van der Waals surface area contributed by atoms with Crippen LogP contribution in [-0.2, 0) is 11.2 Å². The third kappa shape index (κ3) is 3.58. The lowest BCUT2D eigenvalue weighted by molar-refractivity contribution is -0.131. The van der Waals surface area contributed by atoms with Gasteiger partial charge < -0.3 is 4.90 Å². The van der Waals surface area contributed by atoms with E-state index in [1.54, 1.807) is 0 Å². The van der Waals surface area contributed by atoms with Crippen LogP contribution in [0.5, 0.6) is 0 Å². The maximum atomic E-state index is 12.2. The molecule has 0 saturated carbocycles. The smallest absolute Gasteiger partial charge is 0.227 e. The highest BCUT2D eigenvalue weighted by Gasteiger charge is 2.26. The molecule has 4 heteroatoms. The Morgan fingerprint density at radius 2 is 2.06 bits per heavy atom. The number of piperidine rings is 1. The van der Waals surface area contributed by atoms with E-state index in [4.69, 9.17) is 0 Å². The number of rotatable bonds is 2. The number of alkyl halides is 1. The van der Waals surface area contributed by atoms with E-state index in [1.807, 2.05) is 29.2 Å². The Morgan fingerprint density at radius 1 is 1.39 bits per heavy atom. The number of hydrogen-bond acceptors (Lipinski definition) is 1. The molecule has 1 aromatic carbocycles. The fourth-order valence-electron chi connectivity index (χ4n) is 2.14. The zero-order chi connectivity index (χ0) is 13.1. The van der Waals surface area contributed by atoms with Crippen LogP contribution >= 0.6 is 31.9 Å². The molecule has 2 nitrogen and oxygen atoms in total. The predicted molar refractivity (Wildman–Crippen MR) is 80.9 cm³/mol. The Bertz CT molecular complexity index is 418. The Morgan fingerprint density at radius 3 is 2.67 bits per heavy atom. The van der Waals surface area contributed by atoms with Gasteiger partial charge in [0.05, 0.1) is 6.42 Å². The molecule has 2 atom stereocenters. The van der Waals surface area contributed by atoms with Gasteiger partial charge in [-0.15, -0.1) is 0 Å². The van der Waals surface area contributed by atoms with Crippen molar-refractivity contribution in [1.82, 2.24) is 4.90 Å². The average Bonchev–Trinajstić information content (AvgIpc) is 2.35. The molecule has 1 aromatic rings. The Labute approximate surface area is 125 Å². The molecule has 0 spiro atoms. The molecule has 1 heterocycles. The normalized spacial score (nSPS) is 24.1. The summed E-state index contributed by atoms with van der Waals surface area (Å²) in [6.45, 7) is 3.95. The van der Waals surface area contributed by atoms with E-state index >= 15 is 0 Å². The molecule has 2 rings (SSSR count).